The highest BCUT2D eigenvalue weighted by molar-refractivity contribution is 9.10. The average Bonchev–Trinajstić information content (AvgIpc) is 2.37. The van der Waals surface area contributed by atoms with Crippen LogP contribution in [0.5, 0.6) is 0 Å². The molecule has 0 bridgehead atoms. The highest BCUT2D eigenvalue weighted by Crippen LogP contribution is 2.23. The van der Waals surface area contributed by atoms with Crippen molar-refractivity contribution in [2.45, 2.75) is 31.2 Å². The van der Waals surface area contributed by atoms with Crippen LogP contribution in [0.15, 0.2) is 27.6 Å². The number of hydrogen-bond acceptors (Lipinski definition) is 3. The summed E-state index contributed by atoms with van der Waals surface area (Å²) in [5.41, 5.74) is 0. The van der Waals surface area contributed by atoms with E-state index in [1.807, 2.05) is 0 Å². The predicted octanol–water partition coefficient (Wildman–Crippen LogP) is 2.37. The Labute approximate surface area is 125 Å². The molecule has 0 aliphatic heterocycles. The van der Waals surface area contributed by atoms with Crippen molar-refractivity contribution in [1.82, 2.24) is 4.72 Å². The maximum Gasteiger partial charge on any atom is 0.322 e. The van der Waals surface area contributed by atoms with Gasteiger partial charge in [0.05, 0.1) is 4.90 Å². The summed E-state index contributed by atoms with van der Waals surface area (Å²) in [5, 5.41) is 9.10. The molecule has 8 heteroatoms. The first kappa shape index (κ1) is 17.1. The second kappa shape index (κ2) is 6.64. The first-order chi connectivity index (χ1) is 9.19. The second-order valence-corrected chi connectivity index (χ2v) is 6.93. The number of halogens is 2. The smallest absolute Gasteiger partial charge is 0.322 e. The van der Waals surface area contributed by atoms with Crippen molar-refractivity contribution < 1.29 is 22.7 Å². The molecule has 0 fully saturated rings. The lowest BCUT2D eigenvalue weighted by molar-refractivity contribution is -0.140. The lowest BCUT2D eigenvalue weighted by Crippen LogP contribution is -2.45. The van der Waals surface area contributed by atoms with Crippen molar-refractivity contribution in [2.24, 2.45) is 5.92 Å². The number of carbonyl (C=O) groups is 1. The van der Waals surface area contributed by atoms with E-state index in [0.717, 1.165) is 12.1 Å². The largest absolute Gasteiger partial charge is 0.480 e. The third-order valence-electron chi connectivity index (χ3n) is 2.94. The van der Waals surface area contributed by atoms with Crippen molar-refractivity contribution in [1.29, 1.82) is 0 Å². The molecule has 112 valence electrons. The number of nitrogens with one attached hydrogen (secondary N) is 1. The van der Waals surface area contributed by atoms with Crippen LogP contribution in [-0.4, -0.2) is 25.5 Å². The number of hydrogen-bond donors (Lipinski definition) is 2. The van der Waals surface area contributed by atoms with Gasteiger partial charge in [0.1, 0.15) is 11.9 Å². The van der Waals surface area contributed by atoms with Gasteiger partial charge in [-0.15, -0.1) is 0 Å². The van der Waals surface area contributed by atoms with Crippen LogP contribution in [0.3, 0.4) is 0 Å². The minimum Gasteiger partial charge on any atom is -0.480 e. The Kier molecular flexibility index (Phi) is 5.67. The van der Waals surface area contributed by atoms with Crippen molar-refractivity contribution >= 4 is 31.9 Å². The van der Waals surface area contributed by atoms with Gasteiger partial charge in [-0.1, -0.05) is 20.3 Å². The third kappa shape index (κ3) is 4.00. The summed E-state index contributed by atoms with van der Waals surface area (Å²) in [5.74, 6) is -2.38. The zero-order valence-electron chi connectivity index (χ0n) is 10.9. The van der Waals surface area contributed by atoms with Gasteiger partial charge in [0, 0.05) is 4.47 Å². The molecule has 0 aliphatic carbocycles. The maximum atomic E-state index is 13.2. The SMILES string of the molecule is CC[C@H](C)[C@H](NS(=O)(=O)c1cc(F)ccc1Br)C(=O)O. The number of rotatable bonds is 6. The molecule has 0 aliphatic rings. The average molecular weight is 368 g/mol. The Bertz CT molecular complexity index is 605. The molecule has 1 aromatic carbocycles. The Morgan fingerprint density at radius 1 is 1.50 bits per heavy atom. The Balaban J connectivity index is 3.16. The standard InChI is InChI=1S/C12H15BrFNO4S/c1-3-7(2)11(12(16)17)15-20(18,19)10-6-8(14)4-5-9(10)13/h4-7,11,15H,3H2,1-2H3,(H,16,17)/t7-,11-/m0/s1. The van der Waals surface area contributed by atoms with E-state index in [1.54, 1.807) is 13.8 Å². The molecule has 1 aromatic rings. The van der Waals surface area contributed by atoms with Crippen molar-refractivity contribution in [3.8, 4) is 0 Å². The van der Waals surface area contributed by atoms with E-state index in [1.165, 1.54) is 6.07 Å². The van der Waals surface area contributed by atoms with Gasteiger partial charge in [-0.25, -0.2) is 12.8 Å². The van der Waals surface area contributed by atoms with Crippen LogP contribution in [0.4, 0.5) is 4.39 Å². The molecule has 5 nitrogen and oxygen atoms in total. The summed E-state index contributed by atoms with van der Waals surface area (Å²) < 4.78 is 39.8. The molecule has 0 saturated carbocycles. The van der Waals surface area contributed by atoms with Gasteiger partial charge < -0.3 is 5.11 Å². The van der Waals surface area contributed by atoms with Gasteiger partial charge in [-0.05, 0) is 40.0 Å². The van der Waals surface area contributed by atoms with Crippen LogP contribution in [0, 0.1) is 11.7 Å². The summed E-state index contributed by atoms with van der Waals surface area (Å²) in [7, 11) is -4.13. The number of sulfonamides is 1. The van der Waals surface area contributed by atoms with E-state index >= 15 is 0 Å². The zero-order valence-corrected chi connectivity index (χ0v) is 13.3. The fourth-order valence-electron chi connectivity index (χ4n) is 1.56. The van der Waals surface area contributed by atoms with Gasteiger partial charge >= 0.3 is 5.97 Å². The summed E-state index contributed by atoms with van der Waals surface area (Å²) in [6, 6.07) is 1.93. The molecule has 0 aromatic heterocycles. The van der Waals surface area contributed by atoms with E-state index < -0.39 is 33.8 Å². The van der Waals surface area contributed by atoms with E-state index in [-0.39, 0.29) is 9.37 Å². The molecule has 2 atom stereocenters. The quantitative estimate of drug-likeness (QED) is 0.808. The van der Waals surface area contributed by atoms with Crippen molar-refractivity contribution in [3.63, 3.8) is 0 Å². The van der Waals surface area contributed by atoms with Gasteiger partial charge in [0.2, 0.25) is 10.0 Å². The van der Waals surface area contributed by atoms with E-state index in [4.69, 9.17) is 5.11 Å². The van der Waals surface area contributed by atoms with E-state index in [9.17, 15) is 17.6 Å². The lowest BCUT2D eigenvalue weighted by atomic mass is 10.0. The van der Waals surface area contributed by atoms with Crippen LogP contribution in [-0.2, 0) is 14.8 Å². The Morgan fingerprint density at radius 3 is 2.60 bits per heavy atom. The minimum absolute atomic E-state index is 0.166. The van der Waals surface area contributed by atoms with Crippen LogP contribution < -0.4 is 4.72 Å². The molecule has 20 heavy (non-hydrogen) atoms. The molecule has 2 N–H and O–H groups in total. The Hall–Kier alpha value is -0.990. The molecule has 0 spiro atoms. The molecule has 1 rings (SSSR count). The summed E-state index contributed by atoms with van der Waals surface area (Å²) >= 11 is 3.01. The fraction of sp³-hybridized carbons (Fsp3) is 0.417. The maximum absolute atomic E-state index is 13.2. The minimum atomic E-state index is -4.13. The van der Waals surface area contributed by atoms with Gasteiger partial charge in [-0.3, -0.25) is 4.79 Å². The molecular weight excluding hydrogens is 353 g/mol. The molecule has 0 unspecified atom stereocenters. The number of aliphatic carboxylic acids is 1. The zero-order chi connectivity index (χ0) is 15.5. The van der Waals surface area contributed by atoms with E-state index in [2.05, 4.69) is 20.7 Å². The molecular formula is C12H15BrFNO4S. The van der Waals surface area contributed by atoms with E-state index in [0.29, 0.717) is 6.42 Å². The lowest BCUT2D eigenvalue weighted by Gasteiger charge is -2.20. The molecule has 0 amide bonds. The van der Waals surface area contributed by atoms with Crippen LogP contribution in [0.2, 0.25) is 0 Å². The number of carboxylic acids is 1. The molecule has 0 radical (unpaired) electrons. The summed E-state index contributed by atoms with van der Waals surface area (Å²) in [4.78, 5) is 10.8. The van der Waals surface area contributed by atoms with Crippen LogP contribution in [0.25, 0.3) is 0 Å². The van der Waals surface area contributed by atoms with Gasteiger partial charge in [-0.2, -0.15) is 4.72 Å². The topological polar surface area (TPSA) is 83.5 Å². The monoisotopic (exact) mass is 367 g/mol. The number of carboxylic acid groups (broad SMARTS) is 1. The first-order valence-corrected chi connectivity index (χ1v) is 8.16. The third-order valence-corrected chi connectivity index (χ3v) is 5.38. The van der Waals surface area contributed by atoms with Gasteiger partial charge in [0.15, 0.2) is 0 Å². The highest BCUT2D eigenvalue weighted by atomic mass is 79.9. The number of benzene rings is 1. The molecule has 0 heterocycles. The van der Waals surface area contributed by atoms with Crippen molar-refractivity contribution in [3.05, 3.63) is 28.5 Å². The fourth-order valence-corrected chi connectivity index (χ4v) is 3.83. The summed E-state index contributed by atoms with van der Waals surface area (Å²) in [6.45, 7) is 3.38. The van der Waals surface area contributed by atoms with Crippen LogP contribution >= 0.6 is 15.9 Å². The highest BCUT2D eigenvalue weighted by Gasteiger charge is 2.30. The summed E-state index contributed by atoms with van der Waals surface area (Å²) in [6.07, 6.45) is 0.490. The first-order valence-electron chi connectivity index (χ1n) is 5.89. The second-order valence-electron chi connectivity index (χ2n) is 4.40. The van der Waals surface area contributed by atoms with Crippen molar-refractivity contribution in [2.75, 3.05) is 0 Å². The molecule has 0 saturated heterocycles. The Morgan fingerprint density at radius 2 is 2.10 bits per heavy atom. The van der Waals surface area contributed by atoms with Gasteiger partial charge in [0.25, 0.3) is 0 Å². The van der Waals surface area contributed by atoms with Crippen LogP contribution in [0.1, 0.15) is 20.3 Å². The normalized spacial score (nSPS) is 14.8. The predicted molar refractivity (Wildman–Crippen MR) is 75.3 cm³/mol.